The van der Waals surface area contributed by atoms with Gasteiger partial charge in [-0.3, -0.25) is 14.4 Å². The molecule has 0 heterocycles. The van der Waals surface area contributed by atoms with Gasteiger partial charge in [0.05, 0.1) is 6.42 Å². The summed E-state index contributed by atoms with van der Waals surface area (Å²) in [6, 6.07) is -2.05. The van der Waals surface area contributed by atoms with E-state index < -0.39 is 48.0 Å². The van der Waals surface area contributed by atoms with Gasteiger partial charge in [-0.2, -0.15) is 0 Å². The number of carboxylic acids is 1. The Hall–Kier alpha value is -2.85. The van der Waals surface area contributed by atoms with Crippen molar-refractivity contribution in [1.82, 2.24) is 16.0 Å². The fraction of sp³-hybridized carbons (Fsp3) is 0.783. The molecule has 0 aromatic carbocycles. The molecule has 0 aliphatic heterocycles. The Balaban J connectivity index is 2.53. The van der Waals surface area contributed by atoms with Crippen molar-refractivity contribution < 1.29 is 33.8 Å². The number of aliphatic carboxylic acids is 1. The van der Waals surface area contributed by atoms with Gasteiger partial charge in [0, 0.05) is 12.5 Å². The Kier molecular flexibility index (Phi) is 11.3. The lowest BCUT2D eigenvalue weighted by Gasteiger charge is -2.29. The van der Waals surface area contributed by atoms with Crippen molar-refractivity contribution in [2.45, 2.75) is 90.8 Å². The minimum Gasteiger partial charge on any atom is -0.480 e. The number of carbonyl (C=O) groups excluding carboxylic acids is 4. The van der Waals surface area contributed by atoms with E-state index in [-0.39, 0.29) is 23.7 Å². The molecular weight excluding hydrogens is 444 g/mol. The van der Waals surface area contributed by atoms with Crippen LogP contribution >= 0.6 is 0 Å². The normalized spacial score (nSPS) is 20.1. The number of ether oxygens (including phenoxy) is 1. The maximum absolute atomic E-state index is 12.7. The number of alkyl carbamates (subject to hydrolysis) is 1. The molecule has 0 spiro atoms. The van der Waals surface area contributed by atoms with Crippen LogP contribution in [0.15, 0.2) is 0 Å². The van der Waals surface area contributed by atoms with Crippen LogP contribution in [0, 0.1) is 17.8 Å². The molecule has 1 rings (SSSR count). The summed E-state index contributed by atoms with van der Waals surface area (Å²) >= 11 is 0. The van der Waals surface area contributed by atoms with Crippen molar-refractivity contribution in [2.24, 2.45) is 23.5 Å². The summed E-state index contributed by atoms with van der Waals surface area (Å²) in [5, 5.41) is 17.1. The number of nitrogens with two attached hydrogens (primary N) is 1. The molecule has 0 saturated heterocycles. The van der Waals surface area contributed by atoms with E-state index in [1.807, 2.05) is 13.8 Å². The molecule has 1 fully saturated rings. The lowest BCUT2D eigenvalue weighted by molar-refractivity contribution is -0.144. The van der Waals surface area contributed by atoms with Gasteiger partial charge in [-0.05, 0) is 64.7 Å². The molecule has 6 N–H and O–H groups in total. The van der Waals surface area contributed by atoms with Crippen LogP contribution in [0.5, 0.6) is 0 Å². The standard InChI is InChI=1S/C23H40N4O7/c1-13(2)10-16(27-22(33)34-23(3,4)5)20(30)25-12-14-6-8-15(9-7-14)19(29)26-17(21(31)32)11-18(24)28/h13-17H,6-12H2,1-5H3,(H2,24,28)(H,25,30)(H,26,29)(H,27,33)(H,31,32)/t14?,15?,16-,17+/m0/s1. The van der Waals surface area contributed by atoms with E-state index in [1.54, 1.807) is 20.8 Å². The summed E-state index contributed by atoms with van der Waals surface area (Å²) in [4.78, 5) is 59.5. The fourth-order valence-electron chi connectivity index (χ4n) is 3.84. The molecular formula is C23H40N4O7. The zero-order valence-corrected chi connectivity index (χ0v) is 20.8. The Labute approximate surface area is 200 Å². The van der Waals surface area contributed by atoms with E-state index in [2.05, 4.69) is 16.0 Å². The van der Waals surface area contributed by atoms with Gasteiger partial charge < -0.3 is 31.5 Å². The van der Waals surface area contributed by atoms with E-state index in [1.165, 1.54) is 0 Å². The van der Waals surface area contributed by atoms with Crippen LogP contribution in [0.4, 0.5) is 4.79 Å². The van der Waals surface area contributed by atoms with Crippen LogP contribution in [-0.4, -0.2) is 59.1 Å². The summed E-state index contributed by atoms with van der Waals surface area (Å²) < 4.78 is 5.26. The third kappa shape index (κ3) is 11.3. The van der Waals surface area contributed by atoms with Crippen LogP contribution in [0.1, 0.15) is 73.1 Å². The van der Waals surface area contributed by atoms with Crippen LogP contribution in [-0.2, 0) is 23.9 Å². The van der Waals surface area contributed by atoms with Crippen molar-refractivity contribution in [2.75, 3.05) is 6.54 Å². The number of hydrogen-bond acceptors (Lipinski definition) is 6. The monoisotopic (exact) mass is 484 g/mol. The maximum atomic E-state index is 12.7. The molecule has 4 amide bonds. The summed E-state index contributed by atoms with van der Waals surface area (Å²) in [5.74, 6) is -2.81. The largest absolute Gasteiger partial charge is 0.480 e. The van der Waals surface area contributed by atoms with Crippen molar-refractivity contribution in [3.8, 4) is 0 Å². The zero-order valence-electron chi connectivity index (χ0n) is 20.8. The number of rotatable bonds is 11. The second-order valence-corrected chi connectivity index (χ2v) is 10.4. The average Bonchev–Trinajstić information content (AvgIpc) is 2.69. The van der Waals surface area contributed by atoms with Crippen LogP contribution < -0.4 is 21.7 Å². The first-order valence-corrected chi connectivity index (χ1v) is 11.8. The second-order valence-electron chi connectivity index (χ2n) is 10.4. The van der Waals surface area contributed by atoms with Gasteiger partial charge in [0.1, 0.15) is 17.7 Å². The summed E-state index contributed by atoms with van der Waals surface area (Å²) in [6.07, 6.45) is 1.81. The fourth-order valence-corrected chi connectivity index (χ4v) is 3.84. The van der Waals surface area contributed by atoms with E-state index in [0.717, 1.165) is 0 Å². The number of carbonyl (C=O) groups is 5. The van der Waals surface area contributed by atoms with Gasteiger partial charge in [-0.25, -0.2) is 9.59 Å². The summed E-state index contributed by atoms with van der Waals surface area (Å²) in [6.45, 7) is 9.58. The number of primary amides is 1. The van der Waals surface area contributed by atoms with Crippen molar-refractivity contribution in [1.29, 1.82) is 0 Å². The Bertz CT molecular complexity index is 740. The first-order valence-electron chi connectivity index (χ1n) is 11.8. The molecule has 34 heavy (non-hydrogen) atoms. The van der Waals surface area contributed by atoms with Crippen LogP contribution in [0.25, 0.3) is 0 Å². The molecule has 11 heteroatoms. The van der Waals surface area contributed by atoms with Crippen LogP contribution in [0.2, 0.25) is 0 Å². The number of carboxylic acid groups (broad SMARTS) is 1. The van der Waals surface area contributed by atoms with Crippen molar-refractivity contribution in [3.63, 3.8) is 0 Å². The third-order valence-corrected chi connectivity index (χ3v) is 5.52. The van der Waals surface area contributed by atoms with Gasteiger partial charge in [0.15, 0.2) is 0 Å². The van der Waals surface area contributed by atoms with E-state index >= 15 is 0 Å². The molecule has 0 aromatic heterocycles. The van der Waals surface area contributed by atoms with Gasteiger partial charge in [0.2, 0.25) is 17.7 Å². The van der Waals surface area contributed by atoms with Gasteiger partial charge >= 0.3 is 12.1 Å². The third-order valence-electron chi connectivity index (χ3n) is 5.52. The van der Waals surface area contributed by atoms with Gasteiger partial charge in [0.25, 0.3) is 0 Å². The Morgan fingerprint density at radius 1 is 1.00 bits per heavy atom. The number of hydrogen-bond donors (Lipinski definition) is 5. The maximum Gasteiger partial charge on any atom is 0.408 e. The average molecular weight is 485 g/mol. The second kappa shape index (κ2) is 13.1. The minimum absolute atomic E-state index is 0.162. The molecule has 0 unspecified atom stereocenters. The highest BCUT2D eigenvalue weighted by molar-refractivity contribution is 5.89. The SMILES string of the molecule is CC(C)C[C@H](NC(=O)OC(C)(C)C)C(=O)NCC1CCC(C(=O)N[C@H](CC(N)=O)C(=O)O)CC1. The number of amides is 4. The first kappa shape index (κ1) is 29.2. The molecule has 0 bridgehead atoms. The highest BCUT2D eigenvalue weighted by Gasteiger charge is 2.31. The molecule has 0 radical (unpaired) electrons. The Morgan fingerprint density at radius 3 is 2.06 bits per heavy atom. The van der Waals surface area contributed by atoms with E-state index in [0.29, 0.717) is 38.6 Å². The van der Waals surface area contributed by atoms with E-state index in [9.17, 15) is 24.0 Å². The van der Waals surface area contributed by atoms with Crippen molar-refractivity contribution >= 4 is 29.8 Å². The van der Waals surface area contributed by atoms with E-state index in [4.69, 9.17) is 15.6 Å². The van der Waals surface area contributed by atoms with Gasteiger partial charge in [-0.1, -0.05) is 13.8 Å². The lowest BCUT2D eigenvalue weighted by Crippen LogP contribution is -2.50. The quantitative estimate of drug-likeness (QED) is 0.293. The van der Waals surface area contributed by atoms with Crippen molar-refractivity contribution in [3.05, 3.63) is 0 Å². The topological polar surface area (TPSA) is 177 Å². The molecule has 1 aliphatic rings. The summed E-state index contributed by atoms with van der Waals surface area (Å²) in [7, 11) is 0. The molecule has 11 nitrogen and oxygen atoms in total. The first-order chi connectivity index (χ1) is 15.7. The predicted octanol–water partition coefficient (Wildman–Crippen LogP) is 1.29. The molecule has 0 aromatic rings. The lowest BCUT2D eigenvalue weighted by atomic mass is 9.81. The zero-order chi connectivity index (χ0) is 26.1. The van der Waals surface area contributed by atoms with Gasteiger partial charge in [-0.15, -0.1) is 0 Å². The molecule has 194 valence electrons. The highest BCUT2D eigenvalue weighted by Crippen LogP contribution is 2.28. The highest BCUT2D eigenvalue weighted by atomic mass is 16.6. The molecule has 2 atom stereocenters. The Morgan fingerprint density at radius 2 is 1.59 bits per heavy atom. The van der Waals surface area contributed by atoms with Crippen LogP contribution in [0.3, 0.4) is 0 Å². The summed E-state index contributed by atoms with van der Waals surface area (Å²) in [5.41, 5.74) is 4.38. The smallest absolute Gasteiger partial charge is 0.408 e. The number of nitrogens with one attached hydrogen (secondary N) is 3. The molecule has 1 saturated carbocycles. The predicted molar refractivity (Wildman–Crippen MR) is 124 cm³/mol. The molecule has 1 aliphatic carbocycles. The minimum atomic E-state index is -1.34.